The van der Waals surface area contributed by atoms with Crippen molar-refractivity contribution in [1.29, 1.82) is 0 Å². The van der Waals surface area contributed by atoms with Gasteiger partial charge in [-0.15, -0.1) is 0 Å². The van der Waals surface area contributed by atoms with E-state index >= 15 is 0 Å². The van der Waals surface area contributed by atoms with Crippen LogP contribution in [0.5, 0.6) is 0 Å². The number of aliphatic carboxylic acids is 1. The number of benzene rings is 1. The number of hydrogen-bond donors (Lipinski definition) is 1. The van der Waals surface area contributed by atoms with Crippen LogP contribution in [-0.2, 0) is 20.9 Å². The number of amides is 1. The van der Waals surface area contributed by atoms with Crippen molar-refractivity contribution in [3.8, 4) is 0 Å². The Hall–Kier alpha value is -2.08. The van der Waals surface area contributed by atoms with Crippen molar-refractivity contribution < 1.29 is 24.2 Å². The minimum atomic E-state index is -0.933. The quantitative estimate of drug-likeness (QED) is 0.913. The Bertz CT molecular complexity index is 538. The largest absolute Gasteiger partial charge is 0.479 e. The molecule has 0 aliphatic carbocycles. The van der Waals surface area contributed by atoms with E-state index in [0.29, 0.717) is 26.1 Å². The summed E-state index contributed by atoms with van der Waals surface area (Å²) >= 11 is 0. The van der Waals surface area contributed by atoms with E-state index in [1.165, 1.54) is 0 Å². The lowest BCUT2D eigenvalue weighted by atomic mass is 9.78. The maximum absolute atomic E-state index is 11.9. The van der Waals surface area contributed by atoms with Crippen LogP contribution in [-0.4, -0.2) is 47.9 Å². The highest BCUT2D eigenvalue weighted by atomic mass is 16.6. The third-order valence-corrected chi connectivity index (χ3v) is 4.00. The van der Waals surface area contributed by atoms with Gasteiger partial charge in [0.15, 0.2) is 6.10 Å². The lowest BCUT2D eigenvalue weighted by molar-refractivity contribution is -0.147. The molecule has 0 aromatic heterocycles. The Morgan fingerprint density at radius 3 is 2.67 bits per heavy atom. The highest BCUT2D eigenvalue weighted by Gasteiger charge is 2.52. The number of hydrogen-bond acceptors (Lipinski definition) is 4. The fraction of sp³-hybridized carbons (Fsp3) is 0.467. The lowest BCUT2D eigenvalue weighted by Gasteiger charge is -2.46. The number of rotatable bonds is 3. The first-order chi connectivity index (χ1) is 10.1. The topological polar surface area (TPSA) is 76.1 Å². The average molecular weight is 291 g/mol. The summed E-state index contributed by atoms with van der Waals surface area (Å²) in [4.78, 5) is 24.4. The lowest BCUT2D eigenvalue weighted by Crippen LogP contribution is -2.59. The molecular weight excluding hydrogens is 274 g/mol. The average Bonchev–Trinajstić information content (AvgIpc) is 2.90. The van der Waals surface area contributed by atoms with Crippen LogP contribution in [0.3, 0.4) is 0 Å². The Balaban J connectivity index is 1.46. The number of ether oxygens (including phenoxy) is 2. The van der Waals surface area contributed by atoms with Crippen molar-refractivity contribution in [3.05, 3.63) is 35.9 Å². The Kier molecular flexibility index (Phi) is 3.55. The van der Waals surface area contributed by atoms with E-state index in [1.807, 2.05) is 30.3 Å². The zero-order valence-corrected chi connectivity index (χ0v) is 11.5. The third-order valence-electron chi connectivity index (χ3n) is 4.00. The minimum absolute atomic E-state index is 0.200. The maximum Gasteiger partial charge on any atom is 0.410 e. The van der Waals surface area contributed by atoms with Crippen LogP contribution in [0.4, 0.5) is 4.79 Å². The van der Waals surface area contributed by atoms with Gasteiger partial charge in [0, 0.05) is 18.5 Å². The van der Waals surface area contributed by atoms with Crippen LogP contribution in [0.2, 0.25) is 0 Å². The first-order valence-corrected chi connectivity index (χ1v) is 6.88. The summed E-state index contributed by atoms with van der Waals surface area (Å²) in [6.07, 6.45) is -0.638. The second kappa shape index (κ2) is 5.37. The molecule has 1 aromatic rings. The van der Waals surface area contributed by atoms with Gasteiger partial charge in [0.25, 0.3) is 0 Å². The molecule has 2 aliphatic rings. The molecule has 2 heterocycles. The van der Waals surface area contributed by atoms with Gasteiger partial charge in [-0.05, 0) is 12.0 Å². The maximum atomic E-state index is 11.9. The Morgan fingerprint density at radius 2 is 2.05 bits per heavy atom. The van der Waals surface area contributed by atoms with E-state index in [-0.39, 0.29) is 18.1 Å². The number of carbonyl (C=O) groups is 2. The van der Waals surface area contributed by atoms with E-state index in [9.17, 15) is 9.59 Å². The van der Waals surface area contributed by atoms with E-state index in [4.69, 9.17) is 14.6 Å². The molecule has 1 atom stereocenters. The van der Waals surface area contributed by atoms with Crippen LogP contribution in [0.25, 0.3) is 0 Å². The summed E-state index contributed by atoms with van der Waals surface area (Å²) in [7, 11) is 0. The number of carboxylic acids is 1. The molecule has 6 nitrogen and oxygen atoms in total. The summed E-state index contributed by atoms with van der Waals surface area (Å²) in [6.45, 7) is 1.65. The van der Waals surface area contributed by atoms with E-state index in [2.05, 4.69) is 0 Å². The van der Waals surface area contributed by atoms with Crippen molar-refractivity contribution in [2.45, 2.75) is 19.1 Å². The van der Waals surface area contributed by atoms with Crippen LogP contribution in [0.1, 0.15) is 12.0 Å². The molecule has 21 heavy (non-hydrogen) atoms. The van der Waals surface area contributed by atoms with Gasteiger partial charge in [-0.25, -0.2) is 9.59 Å². The Morgan fingerprint density at radius 1 is 1.33 bits per heavy atom. The number of likely N-dealkylation sites (tertiary alicyclic amines) is 1. The smallest absolute Gasteiger partial charge is 0.410 e. The molecule has 0 saturated carbocycles. The molecule has 0 bridgehead atoms. The normalized spacial score (nSPS) is 22.9. The van der Waals surface area contributed by atoms with Crippen molar-refractivity contribution >= 4 is 12.1 Å². The number of carbonyl (C=O) groups excluding carboxylic acids is 1. The van der Waals surface area contributed by atoms with Gasteiger partial charge < -0.3 is 19.5 Å². The van der Waals surface area contributed by atoms with Crippen molar-refractivity contribution in [2.75, 3.05) is 19.7 Å². The van der Waals surface area contributed by atoms with Gasteiger partial charge >= 0.3 is 12.1 Å². The third kappa shape index (κ3) is 2.85. The fourth-order valence-corrected chi connectivity index (χ4v) is 2.87. The molecule has 6 heteroatoms. The fourth-order valence-electron chi connectivity index (χ4n) is 2.87. The highest BCUT2D eigenvalue weighted by molar-refractivity contribution is 5.73. The Labute approximate surface area is 122 Å². The molecule has 1 aromatic carbocycles. The molecule has 3 rings (SSSR count). The van der Waals surface area contributed by atoms with Crippen LogP contribution >= 0.6 is 0 Å². The van der Waals surface area contributed by atoms with E-state index in [1.54, 1.807) is 4.90 Å². The second-order valence-electron chi connectivity index (χ2n) is 5.74. The SMILES string of the molecule is O=C(O)C1CC2(CO1)CN(C(=O)OCc1ccccc1)C2. The molecule has 112 valence electrons. The zero-order chi connectivity index (χ0) is 14.9. The molecule has 1 unspecified atom stereocenters. The first kappa shape index (κ1) is 13.9. The first-order valence-electron chi connectivity index (χ1n) is 6.88. The van der Waals surface area contributed by atoms with E-state index in [0.717, 1.165) is 5.56 Å². The zero-order valence-electron chi connectivity index (χ0n) is 11.5. The summed E-state index contributed by atoms with van der Waals surface area (Å²) in [6, 6.07) is 9.48. The molecule has 1 N–H and O–H groups in total. The van der Waals surface area contributed by atoms with Gasteiger partial charge in [0.1, 0.15) is 6.61 Å². The summed E-state index contributed by atoms with van der Waals surface area (Å²) in [5.41, 5.74) is 0.741. The van der Waals surface area contributed by atoms with Crippen LogP contribution < -0.4 is 0 Å². The van der Waals surface area contributed by atoms with Gasteiger partial charge in [-0.2, -0.15) is 0 Å². The predicted octanol–water partition coefficient (Wildman–Crippen LogP) is 1.50. The highest BCUT2D eigenvalue weighted by Crippen LogP contribution is 2.41. The van der Waals surface area contributed by atoms with Crippen molar-refractivity contribution in [2.24, 2.45) is 5.41 Å². The second-order valence-corrected chi connectivity index (χ2v) is 5.74. The molecule has 2 aliphatic heterocycles. The number of carboxylic acid groups (broad SMARTS) is 1. The summed E-state index contributed by atoms with van der Waals surface area (Å²) < 4.78 is 10.5. The van der Waals surface area contributed by atoms with Crippen LogP contribution in [0.15, 0.2) is 30.3 Å². The van der Waals surface area contributed by atoms with Crippen LogP contribution in [0, 0.1) is 5.41 Å². The summed E-state index contributed by atoms with van der Waals surface area (Å²) in [5, 5.41) is 8.92. The molecule has 2 fully saturated rings. The molecule has 2 saturated heterocycles. The molecule has 0 radical (unpaired) electrons. The molecule has 1 amide bonds. The van der Waals surface area contributed by atoms with Gasteiger partial charge in [0.05, 0.1) is 6.61 Å². The van der Waals surface area contributed by atoms with Gasteiger partial charge in [0.2, 0.25) is 0 Å². The van der Waals surface area contributed by atoms with Crippen molar-refractivity contribution in [1.82, 2.24) is 4.90 Å². The van der Waals surface area contributed by atoms with E-state index < -0.39 is 12.1 Å². The number of nitrogens with zero attached hydrogens (tertiary/aromatic N) is 1. The predicted molar refractivity (Wildman–Crippen MR) is 72.6 cm³/mol. The molecular formula is C15H17NO5. The minimum Gasteiger partial charge on any atom is -0.479 e. The standard InChI is InChI=1S/C15H17NO5/c17-13(18)12-6-15(10-21-12)8-16(9-15)14(19)20-7-11-4-2-1-3-5-11/h1-5,12H,6-10H2,(H,17,18). The molecule has 1 spiro atoms. The van der Waals surface area contributed by atoms with Gasteiger partial charge in [-0.1, -0.05) is 30.3 Å². The monoisotopic (exact) mass is 291 g/mol. The van der Waals surface area contributed by atoms with Gasteiger partial charge in [-0.3, -0.25) is 0 Å². The van der Waals surface area contributed by atoms with Crippen molar-refractivity contribution in [3.63, 3.8) is 0 Å². The summed E-state index contributed by atoms with van der Waals surface area (Å²) in [5.74, 6) is -0.933.